The van der Waals surface area contributed by atoms with Gasteiger partial charge in [-0.25, -0.2) is 0 Å². The van der Waals surface area contributed by atoms with Crippen molar-refractivity contribution in [3.05, 3.63) is 0 Å². The summed E-state index contributed by atoms with van der Waals surface area (Å²) in [7, 11) is 0. The predicted molar refractivity (Wildman–Crippen MR) is 83.7 cm³/mol. The van der Waals surface area contributed by atoms with Gasteiger partial charge in [0.05, 0.1) is 6.07 Å². The van der Waals surface area contributed by atoms with Gasteiger partial charge in [-0.2, -0.15) is 5.26 Å². The lowest BCUT2D eigenvalue weighted by atomic mass is 10.1. The Balaban J connectivity index is 3.07. The molecule has 19 heavy (non-hydrogen) atoms. The van der Waals surface area contributed by atoms with E-state index in [1.165, 1.54) is 51.4 Å². The quantitative estimate of drug-likeness (QED) is 0.312. The van der Waals surface area contributed by atoms with Gasteiger partial charge in [-0.3, -0.25) is 0 Å². The largest absolute Gasteiger partial charge is 0.198 e. The van der Waals surface area contributed by atoms with Crippen LogP contribution in [0.5, 0.6) is 0 Å². The first-order valence-corrected chi connectivity index (χ1v) is 8.24. The van der Waals surface area contributed by atoms with Crippen molar-refractivity contribution in [2.75, 3.05) is 0 Å². The van der Waals surface area contributed by atoms with Gasteiger partial charge in [0, 0.05) is 19.3 Å². The Morgan fingerprint density at radius 3 is 1.53 bits per heavy atom. The Bertz CT molecular complexity index is 264. The number of hydrogen-bond donors (Lipinski definition) is 0. The number of unbranched alkanes of at least 4 members (excludes halogenated alkanes) is 12. The number of nitrogens with zero attached hydrogens (tertiary/aromatic N) is 1. The van der Waals surface area contributed by atoms with Crippen LogP contribution in [0.15, 0.2) is 0 Å². The van der Waals surface area contributed by atoms with Crippen LogP contribution >= 0.6 is 0 Å². The fourth-order valence-corrected chi connectivity index (χ4v) is 2.12. The van der Waals surface area contributed by atoms with Gasteiger partial charge in [0.2, 0.25) is 0 Å². The van der Waals surface area contributed by atoms with Crippen LogP contribution in [0.1, 0.15) is 96.8 Å². The maximum absolute atomic E-state index is 8.39. The van der Waals surface area contributed by atoms with Gasteiger partial charge >= 0.3 is 0 Å². The van der Waals surface area contributed by atoms with Gasteiger partial charge in [0.15, 0.2) is 0 Å². The van der Waals surface area contributed by atoms with Crippen molar-refractivity contribution in [2.45, 2.75) is 96.8 Å². The maximum atomic E-state index is 8.39. The number of nitriles is 1. The van der Waals surface area contributed by atoms with Crippen molar-refractivity contribution in [3.63, 3.8) is 0 Å². The monoisotopic (exact) mass is 261 g/mol. The fraction of sp³-hybridized carbons (Fsp3) is 0.833. The van der Waals surface area contributed by atoms with Crippen LogP contribution in [0.4, 0.5) is 0 Å². The average molecular weight is 261 g/mol. The standard InChI is InChI=1S/C18H31N/c1-2-3-4-5-6-7-8-9-10-11-12-13-14-15-16-17-18-19/h2-10,13-17H2,1H3. The van der Waals surface area contributed by atoms with Gasteiger partial charge in [-0.1, -0.05) is 58.3 Å². The highest BCUT2D eigenvalue weighted by molar-refractivity contribution is 4.98. The fourth-order valence-electron chi connectivity index (χ4n) is 2.12. The molecule has 0 aromatic rings. The van der Waals surface area contributed by atoms with Crippen LogP contribution in [0.2, 0.25) is 0 Å². The summed E-state index contributed by atoms with van der Waals surface area (Å²) in [5.41, 5.74) is 0. The third-order valence-corrected chi connectivity index (χ3v) is 3.37. The second-order valence-corrected chi connectivity index (χ2v) is 5.30. The summed E-state index contributed by atoms with van der Waals surface area (Å²) in [6, 6.07) is 2.18. The summed E-state index contributed by atoms with van der Waals surface area (Å²) in [6.07, 6.45) is 17.1. The average Bonchev–Trinajstić information content (AvgIpc) is 2.43. The van der Waals surface area contributed by atoms with Crippen molar-refractivity contribution in [2.24, 2.45) is 0 Å². The van der Waals surface area contributed by atoms with Gasteiger partial charge in [-0.05, 0) is 19.3 Å². The Morgan fingerprint density at radius 1 is 0.579 bits per heavy atom. The summed E-state index contributed by atoms with van der Waals surface area (Å²) in [5, 5.41) is 8.39. The summed E-state index contributed by atoms with van der Waals surface area (Å²) >= 11 is 0. The Labute approximate surface area is 120 Å². The minimum Gasteiger partial charge on any atom is -0.198 e. The van der Waals surface area contributed by atoms with Crippen LogP contribution in [-0.4, -0.2) is 0 Å². The molecule has 0 N–H and O–H groups in total. The highest BCUT2D eigenvalue weighted by Gasteiger charge is 1.90. The van der Waals surface area contributed by atoms with Gasteiger partial charge in [0.25, 0.3) is 0 Å². The van der Waals surface area contributed by atoms with Crippen molar-refractivity contribution < 1.29 is 0 Å². The number of rotatable bonds is 12. The molecule has 0 aromatic carbocycles. The van der Waals surface area contributed by atoms with E-state index in [0.29, 0.717) is 6.42 Å². The molecule has 0 aliphatic rings. The van der Waals surface area contributed by atoms with E-state index >= 15 is 0 Å². The second kappa shape index (κ2) is 17.1. The molecule has 0 rings (SSSR count). The van der Waals surface area contributed by atoms with E-state index in [4.69, 9.17) is 5.26 Å². The highest BCUT2D eigenvalue weighted by atomic mass is 14.2. The van der Waals surface area contributed by atoms with Gasteiger partial charge < -0.3 is 0 Å². The third-order valence-electron chi connectivity index (χ3n) is 3.37. The first kappa shape index (κ1) is 18.0. The van der Waals surface area contributed by atoms with E-state index in [2.05, 4.69) is 24.8 Å². The van der Waals surface area contributed by atoms with Gasteiger partial charge in [0.1, 0.15) is 0 Å². The zero-order valence-corrected chi connectivity index (χ0v) is 12.8. The molecule has 0 saturated carbocycles. The first-order valence-electron chi connectivity index (χ1n) is 8.24. The molecule has 0 amide bonds. The summed E-state index contributed by atoms with van der Waals surface area (Å²) < 4.78 is 0. The van der Waals surface area contributed by atoms with Crippen LogP contribution < -0.4 is 0 Å². The van der Waals surface area contributed by atoms with Crippen molar-refractivity contribution >= 4 is 0 Å². The zero-order valence-electron chi connectivity index (χ0n) is 12.8. The summed E-state index contributed by atoms with van der Waals surface area (Å²) in [4.78, 5) is 0. The maximum Gasteiger partial charge on any atom is 0.0621 e. The Hall–Kier alpha value is -0.950. The molecular formula is C18H31N. The molecule has 0 atom stereocenters. The lowest BCUT2D eigenvalue weighted by Gasteiger charge is -1.99. The molecule has 1 nitrogen and oxygen atoms in total. The molecule has 108 valence electrons. The molecular weight excluding hydrogens is 230 g/mol. The van der Waals surface area contributed by atoms with E-state index in [9.17, 15) is 0 Å². The minimum atomic E-state index is 0.700. The van der Waals surface area contributed by atoms with Crippen LogP contribution in [-0.2, 0) is 0 Å². The van der Waals surface area contributed by atoms with E-state index in [0.717, 1.165) is 32.1 Å². The minimum absolute atomic E-state index is 0.700. The first-order chi connectivity index (χ1) is 9.41. The van der Waals surface area contributed by atoms with Gasteiger partial charge in [-0.15, -0.1) is 11.8 Å². The van der Waals surface area contributed by atoms with Crippen LogP contribution in [0.25, 0.3) is 0 Å². The van der Waals surface area contributed by atoms with Crippen LogP contribution in [0.3, 0.4) is 0 Å². The molecule has 0 saturated heterocycles. The topological polar surface area (TPSA) is 23.8 Å². The second-order valence-electron chi connectivity index (χ2n) is 5.30. The normalized spacial score (nSPS) is 9.68. The molecule has 0 bridgehead atoms. The number of hydrogen-bond acceptors (Lipinski definition) is 1. The van der Waals surface area contributed by atoms with Crippen molar-refractivity contribution in [3.8, 4) is 17.9 Å². The molecule has 0 fully saturated rings. The lowest BCUT2D eigenvalue weighted by Crippen LogP contribution is -1.80. The molecule has 0 unspecified atom stereocenters. The molecule has 0 spiro atoms. The van der Waals surface area contributed by atoms with Crippen LogP contribution in [0, 0.1) is 23.2 Å². The third kappa shape index (κ3) is 17.1. The van der Waals surface area contributed by atoms with E-state index in [1.807, 2.05) is 0 Å². The van der Waals surface area contributed by atoms with E-state index < -0.39 is 0 Å². The summed E-state index contributed by atoms with van der Waals surface area (Å²) in [5.74, 6) is 6.52. The molecule has 1 heteroatoms. The Kier molecular flexibility index (Phi) is 16.2. The molecule has 0 aromatic heterocycles. The summed E-state index contributed by atoms with van der Waals surface area (Å²) in [6.45, 7) is 2.27. The Morgan fingerprint density at radius 2 is 1.00 bits per heavy atom. The molecule has 0 aliphatic carbocycles. The predicted octanol–water partition coefficient (Wildman–Crippen LogP) is 5.99. The SMILES string of the molecule is CCCCCCCCCCC#CCCCCCC#N. The van der Waals surface area contributed by atoms with E-state index in [1.54, 1.807) is 0 Å². The van der Waals surface area contributed by atoms with Crippen molar-refractivity contribution in [1.82, 2.24) is 0 Å². The zero-order chi connectivity index (χ0) is 14.0. The van der Waals surface area contributed by atoms with E-state index in [-0.39, 0.29) is 0 Å². The van der Waals surface area contributed by atoms with Crippen molar-refractivity contribution in [1.29, 1.82) is 5.26 Å². The molecule has 0 radical (unpaired) electrons. The lowest BCUT2D eigenvalue weighted by molar-refractivity contribution is 0.579. The molecule has 0 heterocycles. The highest BCUT2D eigenvalue weighted by Crippen LogP contribution is 2.09. The smallest absolute Gasteiger partial charge is 0.0621 e. The molecule has 0 aliphatic heterocycles.